The molecule has 11 rings (SSSR count). The van der Waals surface area contributed by atoms with E-state index in [2.05, 4.69) is 105 Å². The first kappa shape index (κ1) is 41.4. The minimum absolute atomic E-state index is 0.0982. The Labute approximate surface area is 379 Å². The number of piperidine rings is 1. The number of fused-ring (bicyclic) bond motifs is 4. The number of aliphatic hydroxyl groups is 1. The van der Waals surface area contributed by atoms with Gasteiger partial charge in [-0.1, -0.05) is 42.5 Å². The Hall–Kier alpha value is -5.36. The molecule has 330 valence electrons. The van der Waals surface area contributed by atoms with Gasteiger partial charge >= 0.3 is 0 Å². The molecule has 3 saturated heterocycles. The number of hydrogen-bond donors (Lipinski definition) is 2. The first-order chi connectivity index (χ1) is 31.0. The number of thiophene rings is 1. The number of aliphatic imine (C=N–C) groups is 1. The number of halogens is 1. The molecule has 9 nitrogen and oxygen atoms in total. The lowest BCUT2D eigenvalue weighted by atomic mass is 9.69. The third-order valence-corrected chi connectivity index (χ3v) is 16.4. The molecule has 0 saturated carbocycles. The predicted molar refractivity (Wildman–Crippen MR) is 254 cm³/mol. The number of nitrogens with zero attached hydrogens (tertiary/aromatic N) is 7. The molecule has 4 aliphatic heterocycles. The zero-order valence-corrected chi connectivity index (χ0v) is 38.2. The van der Waals surface area contributed by atoms with E-state index < -0.39 is 5.60 Å². The Morgan fingerprint density at radius 3 is 2.16 bits per heavy atom. The van der Waals surface area contributed by atoms with Gasteiger partial charge < -0.3 is 24.9 Å². The number of phenols is 1. The highest BCUT2D eigenvalue weighted by molar-refractivity contribution is 7.15. The van der Waals surface area contributed by atoms with Crippen LogP contribution in [0.25, 0.3) is 5.00 Å². The Bertz CT molecular complexity index is 2710. The second kappa shape index (κ2) is 16.3. The van der Waals surface area contributed by atoms with Crippen LogP contribution in [-0.4, -0.2) is 87.0 Å². The summed E-state index contributed by atoms with van der Waals surface area (Å²) in [6, 6.07) is 30.7. The van der Waals surface area contributed by atoms with Gasteiger partial charge in [-0.15, -0.1) is 21.5 Å². The monoisotopic (exact) mass is 875 g/mol. The Morgan fingerprint density at radius 2 is 1.45 bits per heavy atom. The third kappa shape index (κ3) is 7.53. The van der Waals surface area contributed by atoms with Crippen molar-refractivity contribution in [1.29, 1.82) is 0 Å². The first-order valence-corrected chi connectivity index (χ1v) is 24.1. The summed E-state index contributed by atoms with van der Waals surface area (Å²) >= 11 is 1.79. The summed E-state index contributed by atoms with van der Waals surface area (Å²) in [5.74, 6) is 3.40. The van der Waals surface area contributed by atoms with E-state index in [0.717, 1.165) is 111 Å². The summed E-state index contributed by atoms with van der Waals surface area (Å²) in [6.45, 7) is 15.6. The van der Waals surface area contributed by atoms with E-state index in [1.165, 1.54) is 44.1 Å². The van der Waals surface area contributed by atoms with Crippen molar-refractivity contribution in [2.45, 2.75) is 83.3 Å². The van der Waals surface area contributed by atoms with Crippen molar-refractivity contribution in [3.05, 3.63) is 152 Å². The molecule has 1 aliphatic carbocycles. The van der Waals surface area contributed by atoms with Gasteiger partial charge in [-0.3, -0.25) is 9.56 Å². The van der Waals surface area contributed by atoms with Gasteiger partial charge in [-0.2, -0.15) is 0 Å². The maximum absolute atomic E-state index is 13.9. The van der Waals surface area contributed by atoms with Gasteiger partial charge in [0.2, 0.25) is 0 Å². The van der Waals surface area contributed by atoms with E-state index >= 15 is 0 Å². The van der Waals surface area contributed by atoms with Crippen LogP contribution in [0.4, 0.5) is 15.8 Å². The fourth-order valence-corrected chi connectivity index (χ4v) is 12.8. The summed E-state index contributed by atoms with van der Waals surface area (Å²) < 4.78 is 16.1. The van der Waals surface area contributed by atoms with Crippen molar-refractivity contribution in [3.8, 4) is 10.8 Å². The molecule has 6 heterocycles. The average molecular weight is 876 g/mol. The van der Waals surface area contributed by atoms with Gasteiger partial charge in [0.25, 0.3) is 0 Å². The molecule has 0 unspecified atom stereocenters. The standard InChI is InChI=1S/C53H58FN7O2S/c1-32-34(3)64-52-48(32)50(55-33(2)51-57-56-35(4)61(51)52)40-9-16-44(17-10-40)59-28-36(29-59)26-53(63)21-23-58(24-22-53)27-37-30-60(31-37)43-14-7-39(8-15-43)49-46(38-5-12-42(54)13-6-38)19-11-41-25-45(62)18-20-47(41)49/h5-10,12-18,20,25,33,36-37,46,49,62-63H,11,19,21-24,26-31H2,1-4H3/t33-,46-,49+/m0/s1. The van der Waals surface area contributed by atoms with Gasteiger partial charge in [-0.25, -0.2) is 4.39 Å². The molecule has 6 aromatic rings. The number of likely N-dealkylation sites (tertiary alicyclic amines) is 1. The maximum Gasteiger partial charge on any atom is 0.162 e. The van der Waals surface area contributed by atoms with Crippen LogP contribution in [0, 0.1) is 38.4 Å². The molecular formula is C53H58FN7O2S. The molecule has 0 bridgehead atoms. The third-order valence-electron chi connectivity index (χ3n) is 15.2. The van der Waals surface area contributed by atoms with E-state index in [-0.39, 0.29) is 23.7 Å². The molecule has 11 heteroatoms. The normalized spacial score (nSPS) is 22.2. The summed E-state index contributed by atoms with van der Waals surface area (Å²) in [7, 11) is 0. The quantitative estimate of drug-likeness (QED) is 0.150. The highest BCUT2D eigenvalue weighted by Crippen LogP contribution is 2.48. The Balaban J connectivity index is 0.659. The molecule has 2 N–H and O–H groups in total. The number of hydrogen-bond acceptors (Lipinski definition) is 9. The Kier molecular flexibility index (Phi) is 10.5. The fraction of sp³-hybridized carbons (Fsp3) is 0.415. The van der Waals surface area contributed by atoms with Crippen molar-refractivity contribution in [2.24, 2.45) is 16.8 Å². The van der Waals surface area contributed by atoms with Gasteiger partial charge in [0.05, 0.1) is 11.3 Å². The minimum atomic E-state index is -0.580. The lowest BCUT2D eigenvalue weighted by Crippen LogP contribution is -2.55. The minimum Gasteiger partial charge on any atom is -0.508 e. The van der Waals surface area contributed by atoms with Crippen molar-refractivity contribution in [2.75, 3.05) is 55.6 Å². The van der Waals surface area contributed by atoms with Gasteiger partial charge in [0, 0.05) is 85.0 Å². The molecule has 0 spiro atoms. The van der Waals surface area contributed by atoms with E-state index in [1.807, 2.05) is 25.1 Å². The van der Waals surface area contributed by atoms with Crippen LogP contribution >= 0.6 is 11.3 Å². The van der Waals surface area contributed by atoms with Gasteiger partial charge in [0.15, 0.2) is 5.82 Å². The molecular weight excluding hydrogens is 818 g/mol. The number of benzene rings is 4. The topological polar surface area (TPSA) is 93.2 Å². The fourth-order valence-electron chi connectivity index (χ4n) is 11.6. The number of phenolic OH excluding ortho intramolecular Hbond substituents is 1. The van der Waals surface area contributed by atoms with E-state index in [0.29, 0.717) is 17.6 Å². The number of aromatic nitrogens is 3. The summed E-state index contributed by atoms with van der Waals surface area (Å²) in [5, 5.41) is 32.0. The summed E-state index contributed by atoms with van der Waals surface area (Å²) in [6.07, 6.45) is 4.41. The molecule has 64 heavy (non-hydrogen) atoms. The lowest BCUT2D eigenvalue weighted by molar-refractivity contribution is -0.0444. The SMILES string of the molecule is Cc1sc2c(c1C)C(c1ccc(N3CC(CC4(O)CCN(CC5CN(c6ccc([C@H]7c8ccc(O)cc8CC[C@H]7c7ccc(F)cc7)cc6)C5)CC4)C3)cc1)=N[C@@H](C)c1nnc(C)n1-2. The number of rotatable bonds is 9. The average Bonchev–Trinajstić information content (AvgIpc) is 3.76. The zero-order chi connectivity index (χ0) is 43.9. The van der Waals surface area contributed by atoms with Crippen molar-refractivity contribution >= 4 is 28.4 Å². The first-order valence-electron chi connectivity index (χ1n) is 23.3. The van der Waals surface area contributed by atoms with Crippen LogP contribution in [0.15, 0.2) is 96.0 Å². The van der Waals surface area contributed by atoms with E-state index in [4.69, 9.17) is 4.99 Å². The predicted octanol–water partition coefficient (Wildman–Crippen LogP) is 9.66. The summed E-state index contributed by atoms with van der Waals surface area (Å²) in [5.41, 5.74) is 11.4. The molecule has 4 aromatic carbocycles. The highest BCUT2D eigenvalue weighted by Gasteiger charge is 2.40. The number of aryl methyl sites for hydroxylation is 3. The maximum atomic E-state index is 13.9. The van der Waals surface area contributed by atoms with Crippen LogP contribution < -0.4 is 9.80 Å². The molecule has 3 fully saturated rings. The smallest absolute Gasteiger partial charge is 0.162 e. The molecule has 2 aromatic heterocycles. The van der Waals surface area contributed by atoms with Crippen LogP contribution in [0.5, 0.6) is 5.75 Å². The van der Waals surface area contributed by atoms with Gasteiger partial charge in [-0.05, 0) is 148 Å². The second-order valence-electron chi connectivity index (χ2n) is 19.5. The summed E-state index contributed by atoms with van der Waals surface area (Å²) in [4.78, 5) is 14.0. The van der Waals surface area contributed by atoms with Crippen LogP contribution in [-0.2, 0) is 6.42 Å². The van der Waals surface area contributed by atoms with Gasteiger partial charge in [0.1, 0.15) is 28.4 Å². The molecule has 0 amide bonds. The molecule has 0 radical (unpaired) electrons. The number of aromatic hydroxyl groups is 1. The van der Waals surface area contributed by atoms with E-state index in [1.54, 1.807) is 29.5 Å². The van der Waals surface area contributed by atoms with Crippen molar-refractivity contribution in [1.82, 2.24) is 19.7 Å². The van der Waals surface area contributed by atoms with Crippen LogP contribution in [0.3, 0.4) is 0 Å². The lowest BCUT2D eigenvalue weighted by Gasteiger charge is -2.48. The highest BCUT2D eigenvalue weighted by atomic mass is 32.1. The molecule has 3 atom stereocenters. The van der Waals surface area contributed by atoms with Crippen molar-refractivity contribution < 1.29 is 14.6 Å². The van der Waals surface area contributed by atoms with Crippen molar-refractivity contribution in [3.63, 3.8) is 0 Å². The van der Waals surface area contributed by atoms with Crippen LogP contribution in [0.2, 0.25) is 0 Å². The zero-order valence-electron chi connectivity index (χ0n) is 37.3. The Morgan fingerprint density at radius 1 is 0.797 bits per heavy atom. The van der Waals surface area contributed by atoms with Crippen LogP contribution in [0.1, 0.15) is 106 Å². The number of anilines is 2. The van der Waals surface area contributed by atoms with E-state index in [9.17, 15) is 14.6 Å². The molecule has 5 aliphatic rings. The largest absolute Gasteiger partial charge is 0.508 e. The second-order valence-corrected chi connectivity index (χ2v) is 20.7.